The molecule has 0 saturated carbocycles. The summed E-state index contributed by atoms with van der Waals surface area (Å²) in [7, 11) is 3.31. The summed E-state index contributed by atoms with van der Waals surface area (Å²) in [4.78, 5) is 4.76. The van der Waals surface area contributed by atoms with Crippen LogP contribution in [0.1, 0.15) is 41.3 Å². The average Bonchev–Trinajstić information content (AvgIpc) is 3.20. The predicted molar refractivity (Wildman–Crippen MR) is 117 cm³/mol. The molecule has 1 fully saturated rings. The van der Waals surface area contributed by atoms with E-state index in [2.05, 4.69) is 31.3 Å². The van der Waals surface area contributed by atoms with Crippen molar-refractivity contribution in [1.82, 2.24) is 14.6 Å². The number of fused-ring (bicyclic) bond motifs is 1. The summed E-state index contributed by atoms with van der Waals surface area (Å²) >= 11 is 0. The second-order valence-corrected chi connectivity index (χ2v) is 7.76. The minimum Gasteiger partial charge on any atom is -0.493 e. The van der Waals surface area contributed by atoms with E-state index in [-0.39, 0.29) is 0 Å². The van der Waals surface area contributed by atoms with Crippen LogP contribution in [-0.2, 0) is 11.2 Å². The first-order chi connectivity index (χ1) is 14.6. The SMILES string of the molecule is COc1ccc(CCNc2c(C)c(C)nc3cc(C4CCOCC4)nn23)cc1OC. The van der Waals surface area contributed by atoms with E-state index in [0.29, 0.717) is 5.92 Å². The summed E-state index contributed by atoms with van der Waals surface area (Å²) in [6, 6.07) is 8.17. The smallest absolute Gasteiger partial charge is 0.160 e. The molecule has 3 heterocycles. The molecule has 7 heteroatoms. The summed E-state index contributed by atoms with van der Waals surface area (Å²) in [5.41, 5.74) is 5.33. The molecule has 1 aromatic carbocycles. The van der Waals surface area contributed by atoms with Gasteiger partial charge in [-0.1, -0.05) is 6.07 Å². The molecule has 0 aliphatic carbocycles. The van der Waals surface area contributed by atoms with Crippen molar-refractivity contribution >= 4 is 11.5 Å². The Morgan fingerprint density at radius 3 is 2.60 bits per heavy atom. The number of rotatable bonds is 7. The van der Waals surface area contributed by atoms with Crippen LogP contribution >= 0.6 is 0 Å². The Morgan fingerprint density at radius 1 is 1.10 bits per heavy atom. The molecule has 1 saturated heterocycles. The molecule has 1 aliphatic rings. The highest BCUT2D eigenvalue weighted by molar-refractivity contribution is 5.56. The van der Waals surface area contributed by atoms with E-state index >= 15 is 0 Å². The predicted octanol–water partition coefficient (Wildman–Crippen LogP) is 3.91. The summed E-state index contributed by atoms with van der Waals surface area (Å²) in [6.45, 7) is 6.54. The van der Waals surface area contributed by atoms with Gasteiger partial charge in [0.05, 0.1) is 19.9 Å². The molecular formula is C23H30N4O3. The Labute approximate surface area is 177 Å². The molecule has 3 aromatic rings. The minimum atomic E-state index is 0.445. The molecular weight excluding hydrogens is 380 g/mol. The lowest BCUT2D eigenvalue weighted by molar-refractivity contribution is 0.0844. The lowest BCUT2D eigenvalue weighted by atomic mass is 9.97. The Hall–Kier alpha value is -2.80. The highest BCUT2D eigenvalue weighted by Gasteiger charge is 2.21. The molecule has 1 N–H and O–H groups in total. The largest absolute Gasteiger partial charge is 0.493 e. The summed E-state index contributed by atoms with van der Waals surface area (Å²) in [6.07, 6.45) is 2.89. The summed E-state index contributed by atoms with van der Waals surface area (Å²) in [5, 5.41) is 8.50. The zero-order chi connectivity index (χ0) is 21.1. The first-order valence-corrected chi connectivity index (χ1v) is 10.5. The summed E-state index contributed by atoms with van der Waals surface area (Å²) < 4.78 is 18.2. The number of methoxy groups -OCH3 is 2. The van der Waals surface area contributed by atoms with Crippen LogP contribution in [0, 0.1) is 13.8 Å². The second-order valence-electron chi connectivity index (χ2n) is 7.76. The van der Waals surface area contributed by atoms with Gasteiger partial charge in [0.2, 0.25) is 0 Å². The van der Waals surface area contributed by atoms with E-state index in [1.54, 1.807) is 14.2 Å². The molecule has 0 radical (unpaired) electrons. The second kappa shape index (κ2) is 8.92. The van der Waals surface area contributed by atoms with Crippen LogP contribution in [0.2, 0.25) is 0 Å². The van der Waals surface area contributed by atoms with Gasteiger partial charge in [-0.25, -0.2) is 4.98 Å². The Balaban J connectivity index is 1.54. The Bertz CT molecular complexity index is 1020. The number of aryl methyl sites for hydroxylation is 1. The molecule has 4 rings (SSSR count). The molecule has 7 nitrogen and oxygen atoms in total. The monoisotopic (exact) mass is 410 g/mol. The third-order valence-electron chi connectivity index (χ3n) is 5.90. The van der Waals surface area contributed by atoms with Gasteiger partial charge < -0.3 is 19.5 Å². The maximum absolute atomic E-state index is 5.50. The fraction of sp³-hybridized carbons (Fsp3) is 0.478. The lowest BCUT2D eigenvalue weighted by Gasteiger charge is -2.19. The van der Waals surface area contributed by atoms with Crippen molar-refractivity contribution in [2.24, 2.45) is 0 Å². The fourth-order valence-electron chi connectivity index (χ4n) is 3.98. The molecule has 160 valence electrons. The molecule has 0 atom stereocenters. The Morgan fingerprint density at radius 2 is 1.87 bits per heavy atom. The zero-order valence-electron chi connectivity index (χ0n) is 18.2. The van der Waals surface area contributed by atoms with Crippen molar-refractivity contribution in [2.75, 3.05) is 39.3 Å². The number of ether oxygens (including phenoxy) is 3. The van der Waals surface area contributed by atoms with E-state index in [4.69, 9.17) is 24.3 Å². The third kappa shape index (κ3) is 4.07. The van der Waals surface area contributed by atoms with E-state index in [0.717, 1.165) is 78.9 Å². The molecule has 2 aromatic heterocycles. The van der Waals surface area contributed by atoms with Gasteiger partial charge in [0.1, 0.15) is 5.82 Å². The highest BCUT2D eigenvalue weighted by atomic mass is 16.5. The van der Waals surface area contributed by atoms with Crippen molar-refractivity contribution in [3.63, 3.8) is 0 Å². The average molecular weight is 411 g/mol. The van der Waals surface area contributed by atoms with Crippen LogP contribution < -0.4 is 14.8 Å². The van der Waals surface area contributed by atoms with Crippen molar-refractivity contribution in [3.8, 4) is 11.5 Å². The zero-order valence-corrected chi connectivity index (χ0v) is 18.2. The highest BCUT2D eigenvalue weighted by Crippen LogP contribution is 2.29. The molecule has 0 bridgehead atoms. The standard InChI is InChI=1S/C23H30N4O3/c1-15-16(2)25-22-14-19(18-8-11-30-12-9-18)26-27(22)23(15)24-10-7-17-5-6-20(28-3)21(13-17)29-4/h5-6,13-14,18,24H,7-12H2,1-4H3. The lowest BCUT2D eigenvalue weighted by Crippen LogP contribution is -2.15. The van der Waals surface area contributed by atoms with Crippen LogP contribution in [-0.4, -0.2) is 48.6 Å². The van der Waals surface area contributed by atoms with E-state index in [1.807, 2.05) is 16.6 Å². The van der Waals surface area contributed by atoms with Crippen LogP contribution in [0.15, 0.2) is 24.3 Å². The van der Waals surface area contributed by atoms with E-state index in [1.165, 1.54) is 5.56 Å². The van der Waals surface area contributed by atoms with Crippen molar-refractivity contribution in [1.29, 1.82) is 0 Å². The van der Waals surface area contributed by atoms with Gasteiger partial charge >= 0.3 is 0 Å². The van der Waals surface area contributed by atoms with Gasteiger partial charge in [-0.2, -0.15) is 9.61 Å². The first kappa shape index (κ1) is 20.5. The van der Waals surface area contributed by atoms with Gasteiger partial charge in [0, 0.05) is 43.0 Å². The number of anilines is 1. The van der Waals surface area contributed by atoms with Crippen LogP contribution in [0.25, 0.3) is 5.65 Å². The molecule has 1 aliphatic heterocycles. The van der Waals surface area contributed by atoms with Crippen LogP contribution in [0.4, 0.5) is 5.82 Å². The fourth-order valence-corrected chi connectivity index (χ4v) is 3.98. The summed E-state index contributed by atoms with van der Waals surface area (Å²) in [5.74, 6) is 2.95. The van der Waals surface area contributed by atoms with Gasteiger partial charge in [0.15, 0.2) is 17.1 Å². The topological polar surface area (TPSA) is 69.9 Å². The molecule has 0 unspecified atom stereocenters. The van der Waals surface area contributed by atoms with Crippen LogP contribution in [0.5, 0.6) is 11.5 Å². The van der Waals surface area contributed by atoms with Crippen LogP contribution in [0.3, 0.4) is 0 Å². The molecule has 0 spiro atoms. The van der Waals surface area contributed by atoms with E-state index < -0.39 is 0 Å². The number of hydrogen-bond donors (Lipinski definition) is 1. The van der Waals surface area contributed by atoms with Crippen molar-refractivity contribution < 1.29 is 14.2 Å². The normalized spacial score (nSPS) is 14.8. The van der Waals surface area contributed by atoms with Gasteiger partial charge in [-0.3, -0.25) is 0 Å². The number of nitrogens with one attached hydrogen (secondary N) is 1. The number of hydrogen-bond acceptors (Lipinski definition) is 6. The maximum atomic E-state index is 5.50. The quantitative estimate of drug-likeness (QED) is 0.637. The maximum Gasteiger partial charge on any atom is 0.160 e. The minimum absolute atomic E-state index is 0.445. The van der Waals surface area contributed by atoms with Crippen molar-refractivity contribution in [3.05, 3.63) is 46.8 Å². The third-order valence-corrected chi connectivity index (χ3v) is 5.90. The first-order valence-electron chi connectivity index (χ1n) is 10.5. The van der Waals surface area contributed by atoms with Gasteiger partial charge in [-0.15, -0.1) is 0 Å². The van der Waals surface area contributed by atoms with Gasteiger partial charge in [-0.05, 0) is 50.8 Å². The number of benzene rings is 1. The number of aromatic nitrogens is 3. The Kier molecular flexibility index (Phi) is 6.08. The van der Waals surface area contributed by atoms with Gasteiger partial charge in [0.25, 0.3) is 0 Å². The van der Waals surface area contributed by atoms with Crippen molar-refractivity contribution in [2.45, 2.75) is 39.0 Å². The molecule has 30 heavy (non-hydrogen) atoms. The number of nitrogens with zero attached hydrogens (tertiary/aromatic N) is 3. The molecule has 0 amide bonds. The van der Waals surface area contributed by atoms with E-state index in [9.17, 15) is 0 Å².